The summed E-state index contributed by atoms with van der Waals surface area (Å²) in [7, 11) is 0. The number of carbonyl (C=O) groups excluding carboxylic acids is 2. The molecule has 2 aromatic rings. The lowest BCUT2D eigenvalue weighted by molar-refractivity contribution is -0.121. The molecule has 126 valence electrons. The predicted octanol–water partition coefficient (Wildman–Crippen LogP) is 4.89. The van der Waals surface area contributed by atoms with E-state index in [1.807, 2.05) is 32.0 Å². The van der Waals surface area contributed by atoms with Crippen LogP contribution in [0.5, 0.6) is 0 Å². The Morgan fingerprint density at radius 1 is 1.00 bits per heavy atom. The first kappa shape index (κ1) is 18.5. The maximum atomic E-state index is 12.3. The van der Waals surface area contributed by atoms with Gasteiger partial charge in [0.1, 0.15) is 0 Å². The van der Waals surface area contributed by atoms with Gasteiger partial charge in [-0.2, -0.15) is 0 Å². The number of carbonyl (C=O) groups is 2. The van der Waals surface area contributed by atoms with Gasteiger partial charge in [0.05, 0.1) is 0 Å². The summed E-state index contributed by atoms with van der Waals surface area (Å²) in [5.74, 6) is -0.199. The van der Waals surface area contributed by atoms with Crippen molar-refractivity contribution in [2.24, 2.45) is 0 Å². The van der Waals surface area contributed by atoms with E-state index in [2.05, 4.69) is 5.32 Å². The van der Waals surface area contributed by atoms with E-state index in [0.29, 0.717) is 22.2 Å². The molecular weight excluding hydrogens is 345 g/mol. The molecule has 2 rings (SSSR count). The summed E-state index contributed by atoms with van der Waals surface area (Å²) >= 11 is 11.9. The van der Waals surface area contributed by atoms with Crippen molar-refractivity contribution in [3.05, 3.63) is 68.7 Å². The molecule has 0 unspecified atom stereocenters. The third kappa shape index (κ3) is 5.08. The minimum absolute atomic E-state index is 0.0177. The van der Waals surface area contributed by atoms with Crippen LogP contribution in [-0.4, -0.2) is 11.7 Å². The first-order valence-corrected chi connectivity index (χ1v) is 8.43. The Hall–Kier alpha value is -1.84. The second kappa shape index (κ2) is 8.32. The average molecular weight is 364 g/mol. The zero-order valence-electron chi connectivity index (χ0n) is 13.7. The molecule has 0 aromatic heterocycles. The molecule has 0 heterocycles. The van der Waals surface area contributed by atoms with Gasteiger partial charge in [0.15, 0.2) is 5.78 Å². The van der Waals surface area contributed by atoms with Crippen LogP contribution < -0.4 is 5.32 Å². The lowest BCUT2D eigenvalue weighted by Crippen LogP contribution is -2.23. The van der Waals surface area contributed by atoms with E-state index in [4.69, 9.17) is 23.2 Å². The Kier molecular flexibility index (Phi) is 6.41. The number of rotatable bonds is 6. The molecule has 0 aliphatic rings. The van der Waals surface area contributed by atoms with E-state index in [0.717, 1.165) is 16.7 Å². The van der Waals surface area contributed by atoms with E-state index < -0.39 is 0 Å². The molecular formula is C19H19Cl2NO2. The molecule has 5 heteroatoms. The summed E-state index contributed by atoms with van der Waals surface area (Å²) in [6.45, 7) is 4.15. The number of Topliss-reactive ketones (excluding diaryl/α,β-unsaturated/α-hetero) is 1. The van der Waals surface area contributed by atoms with Gasteiger partial charge in [-0.05, 0) is 43.2 Å². The molecule has 0 aliphatic carbocycles. The first-order valence-electron chi connectivity index (χ1n) is 7.68. The number of nitrogens with one attached hydrogen (secondary N) is 1. The molecule has 0 saturated carbocycles. The Balaban J connectivity index is 1.86. The number of aryl methyl sites for hydroxylation is 2. The molecule has 1 N–H and O–H groups in total. The summed E-state index contributed by atoms with van der Waals surface area (Å²) in [6.07, 6.45) is 0.335. The molecule has 2 aromatic carbocycles. The van der Waals surface area contributed by atoms with Crippen molar-refractivity contribution < 1.29 is 9.59 Å². The third-order valence-corrected chi connectivity index (χ3v) is 4.35. The molecule has 0 radical (unpaired) electrons. The third-order valence-electron chi connectivity index (χ3n) is 3.76. The highest BCUT2D eigenvalue weighted by Gasteiger charge is 2.12. The Labute approximate surface area is 152 Å². The van der Waals surface area contributed by atoms with E-state index in [1.54, 1.807) is 18.2 Å². The molecule has 0 fully saturated rings. The molecule has 3 nitrogen and oxygen atoms in total. The van der Waals surface area contributed by atoms with Crippen molar-refractivity contribution in [2.75, 3.05) is 0 Å². The summed E-state index contributed by atoms with van der Waals surface area (Å²) in [5, 5.41) is 3.83. The summed E-state index contributed by atoms with van der Waals surface area (Å²) in [4.78, 5) is 24.2. The van der Waals surface area contributed by atoms with Gasteiger partial charge in [-0.25, -0.2) is 0 Å². The number of halogens is 2. The van der Waals surface area contributed by atoms with Crippen molar-refractivity contribution >= 4 is 34.9 Å². The molecule has 1 amide bonds. The zero-order valence-corrected chi connectivity index (χ0v) is 15.2. The van der Waals surface area contributed by atoms with Crippen LogP contribution in [0.25, 0.3) is 0 Å². The summed E-state index contributed by atoms with van der Waals surface area (Å²) in [6, 6.07) is 10.9. The lowest BCUT2D eigenvalue weighted by atomic mass is 9.99. The van der Waals surface area contributed by atoms with Crippen LogP contribution in [0.1, 0.15) is 39.9 Å². The van der Waals surface area contributed by atoms with E-state index >= 15 is 0 Å². The number of amides is 1. The Morgan fingerprint density at radius 2 is 1.75 bits per heavy atom. The van der Waals surface area contributed by atoms with Gasteiger partial charge in [-0.15, -0.1) is 0 Å². The fourth-order valence-corrected chi connectivity index (χ4v) is 2.82. The number of hydrogen-bond donors (Lipinski definition) is 1. The van der Waals surface area contributed by atoms with Crippen LogP contribution >= 0.6 is 23.2 Å². The Bertz CT molecular complexity index is 772. The highest BCUT2D eigenvalue weighted by Crippen LogP contribution is 2.20. The van der Waals surface area contributed by atoms with Crippen LogP contribution in [0.15, 0.2) is 36.4 Å². The van der Waals surface area contributed by atoms with Crippen LogP contribution in [0.2, 0.25) is 10.0 Å². The standard InChI is InChI=1S/C19H19Cl2NO2/c1-12-3-4-13(2)16(9-12)18(23)7-8-19(24)22-11-14-5-6-15(20)10-17(14)21/h3-6,9-10H,7-8,11H2,1-2H3,(H,22,24). The number of benzene rings is 2. The minimum atomic E-state index is -0.181. The summed E-state index contributed by atoms with van der Waals surface area (Å²) < 4.78 is 0. The molecule has 0 atom stereocenters. The molecule has 24 heavy (non-hydrogen) atoms. The normalized spacial score (nSPS) is 10.5. The van der Waals surface area contributed by atoms with Gasteiger partial charge in [-0.1, -0.05) is 47.0 Å². The molecule has 0 aliphatic heterocycles. The van der Waals surface area contributed by atoms with Gasteiger partial charge in [0, 0.05) is 35.0 Å². The van der Waals surface area contributed by atoms with Crippen molar-refractivity contribution in [1.82, 2.24) is 5.32 Å². The highest BCUT2D eigenvalue weighted by molar-refractivity contribution is 6.35. The monoisotopic (exact) mass is 363 g/mol. The van der Waals surface area contributed by atoms with E-state index in [9.17, 15) is 9.59 Å². The van der Waals surface area contributed by atoms with Crippen LogP contribution in [0, 0.1) is 13.8 Å². The van der Waals surface area contributed by atoms with E-state index in [1.165, 1.54) is 0 Å². The van der Waals surface area contributed by atoms with Crippen LogP contribution in [0.4, 0.5) is 0 Å². The van der Waals surface area contributed by atoms with Gasteiger partial charge >= 0.3 is 0 Å². The molecule has 0 bridgehead atoms. The topological polar surface area (TPSA) is 46.2 Å². The van der Waals surface area contributed by atoms with E-state index in [-0.39, 0.29) is 24.5 Å². The van der Waals surface area contributed by atoms with Crippen LogP contribution in [-0.2, 0) is 11.3 Å². The van der Waals surface area contributed by atoms with Gasteiger partial charge in [0.25, 0.3) is 0 Å². The van der Waals surface area contributed by atoms with Gasteiger partial charge in [0.2, 0.25) is 5.91 Å². The van der Waals surface area contributed by atoms with Crippen molar-refractivity contribution in [2.45, 2.75) is 33.2 Å². The molecule has 0 spiro atoms. The van der Waals surface area contributed by atoms with Gasteiger partial charge in [-0.3, -0.25) is 9.59 Å². The highest BCUT2D eigenvalue weighted by atomic mass is 35.5. The predicted molar refractivity (Wildman–Crippen MR) is 97.8 cm³/mol. The number of hydrogen-bond acceptors (Lipinski definition) is 2. The second-order valence-electron chi connectivity index (χ2n) is 5.75. The van der Waals surface area contributed by atoms with Crippen molar-refractivity contribution in [1.29, 1.82) is 0 Å². The minimum Gasteiger partial charge on any atom is -0.352 e. The fourth-order valence-electron chi connectivity index (χ4n) is 2.35. The SMILES string of the molecule is Cc1ccc(C)c(C(=O)CCC(=O)NCc2ccc(Cl)cc2Cl)c1. The zero-order chi connectivity index (χ0) is 17.7. The van der Waals surface area contributed by atoms with Crippen molar-refractivity contribution in [3.63, 3.8) is 0 Å². The largest absolute Gasteiger partial charge is 0.352 e. The Morgan fingerprint density at radius 3 is 2.46 bits per heavy atom. The second-order valence-corrected chi connectivity index (χ2v) is 6.60. The smallest absolute Gasteiger partial charge is 0.220 e. The van der Waals surface area contributed by atoms with Crippen LogP contribution in [0.3, 0.4) is 0 Å². The molecule has 0 saturated heterocycles. The number of ketones is 1. The summed E-state index contributed by atoms with van der Waals surface area (Å²) in [5.41, 5.74) is 3.43. The fraction of sp³-hybridized carbons (Fsp3) is 0.263. The first-order chi connectivity index (χ1) is 11.4. The average Bonchev–Trinajstić information content (AvgIpc) is 2.54. The van der Waals surface area contributed by atoms with Crippen molar-refractivity contribution in [3.8, 4) is 0 Å². The van der Waals surface area contributed by atoms with Gasteiger partial charge < -0.3 is 5.32 Å². The maximum Gasteiger partial charge on any atom is 0.220 e. The maximum absolute atomic E-state index is 12.3. The quantitative estimate of drug-likeness (QED) is 0.742. The lowest BCUT2D eigenvalue weighted by Gasteiger charge is -2.08.